The van der Waals surface area contributed by atoms with Gasteiger partial charge < -0.3 is 19.9 Å². The molecule has 0 bridgehead atoms. The van der Waals surface area contributed by atoms with Crippen molar-refractivity contribution in [3.8, 4) is 11.8 Å². The molecule has 63 heavy (non-hydrogen) atoms. The van der Waals surface area contributed by atoms with Gasteiger partial charge in [0.25, 0.3) is 17.4 Å². The van der Waals surface area contributed by atoms with Gasteiger partial charge in [-0.3, -0.25) is 29.4 Å². The van der Waals surface area contributed by atoms with Crippen molar-refractivity contribution in [3.63, 3.8) is 0 Å². The zero-order chi connectivity index (χ0) is 45.0. The van der Waals surface area contributed by atoms with Crippen LogP contribution in [0, 0.1) is 28.1 Å². The summed E-state index contributed by atoms with van der Waals surface area (Å²) in [6, 6.07) is 17.7. The first kappa shape index (κ1) is 44.0. The topological polar surface area (TPSA) is 153 Å². The van der Waals surface area contributed by atoms with E-state index in [9.17, 15) is 37.6 Å². The highest BCUT2D eigenvalue weighted by Gasteiger charge is 2.64. The van der Waals surface area contributed by atoms with E-state index in [1.807, 2.05) is 29.2 Å². The molecular formula is C46H50ClF3N8O5. The van der Waals surface area contributed by atoms with E-state index in [-0.39, 0.29) is 52.5 Å². The number of rotatable bonds is 9. The van der Waals surface area contributed by atoms with Gasteiger partial charge in [-0.2, -0.15) is 23.5 Å². The number of ether oxygens (including phenoxy) is 1. The summed E-state index contributed by atoms with van der Waals surface area (Å²) in [5.41, 5.74) is -0.241. The van der Waals surface area contributed by atoms with Crippen LogP contribution in [-0.2, 0) is 15.8 Å². The third-order valence-corrected chi connectivity index (χ3v) is 13.8. The molecule has 4 fully saturated rings. The Kier molecular flexibility index (Phi) is 11.7. The minimum absolute atomic E-state index is 0.106. The van der Waals surface area contributed by atoms with Crippen LogP contribution in [0.5, 0.6) is 5.75 Å². The van der Waals surface area contributed by atoms with E-state index in [0.29, 0.717) is 51.3 Å². The zero-order valence-corrected chi connectivity index (χ0v) is 36.4. The monoisotopic (exact) mass is 886 g/mol. The predicted octanol–water partition coefficient (Wildman–Crippen LogP) is 6.57. The third-order valence-electron chi connectivity index (χ3n) is 13.5. The predicted molar refractivity (Wildman–Crippen MR) is 232 cm³/mol. The molecule has 4 heterocycles. The Labute approximate surface area is 368 Å². The molecule has 1 aromatic heterocycles. The number of nitrogens with zero attached hydrogens (tertiary/aromatic N) is 6. The van der Waals surface area contributed by atoms with E-state index in [1.165, 1.54) is 12.1 Å². The first-order valence-corrected chi connectivity index (χ1v) is 21.7. The molecular weight excluding hydrogens is 837 g/mol. The lowest BCUT2D eigenvalue weighted by Crippen LogP contribution is -2.74. The maximum absolute atomic E-state index is 14.4. The number of imide groups is 1. The van der Waals surface area contributed by atoms with Crippen LogP contribution < -0.4 is 30.7 Å². The van der Waals surface area contributed by atoms with Gasteiger partial charge in [0.15, 0.2) is 5.69 Å². The lowest BCUT2D eigenvalue weighted by molar-refractivity contribution is -0.164. The molecule has 332 valence electrons. The molecule has 13 nitrogen and oxygen atoms in total. The molecule has 8 rings (SSSR count). The lowest BCUT2D eigenvalue weighted by Gasteiger charge is -2.63. The lowest BCUT2D eigenvalue weighted by atomic mass is 9.49. The summed E-state index contributed by atoms with van der Waals surface area (Å²) in [6.45, 7) is 13.6. The number of aromatic nitrogens is 2. The fourth-order valence-electron chi connectivity index (χ4n) is 10.3. The maximum atomic E-state index is 14.4. The number of hydrogen-bond donors (Lipinski definition) is 2. The number of amides is 3. The molecule has 3 aromatic carbocycles. The molecule has 3 amide bonds. The van der Waals surface area contributed by atoms with Crippen LogP contribution >= 0.6 is 11.6 Å². The van der Waals surface area contributed by atoms with Gasteiger partial charge in [-0.15, -0.1) is 0 Å². The van der Waals surface area contributed by atoms with Gasteiger partial charge in [-0.25, -0.2) is 4.68 Å². The van der Waals surface area contributed by atoms with E-state index >= 15 is 0 Å². The third kappa shape index (κ3) is 8.57. The summed E-state index contributed by atoms with van der Waals surface area (Å²) in [5, 5.41) is 18.0. The fraction of sp³-hybridized carbons (Fsp3) is 0.478. The van der Waals surface area contributed by atoms with Crippen molar-refractivity contribution < 1.29 is 32.3 Å². The van der Waals surface area contributed by atoms with Gasteiger partial charge in [0.05, 0.1) is 16.0 Å². The van der Waals surface area contributed by atoms with Crippen molar-refractivity contribution in [2.45, 2.75) is 77.7 Å². The van der Waals surface area contributed by atoms with Gasteiger partial charge in [0.2, 0.25) is 5.91 Å². The number of carbonyl (C=O) groups is 3. The molecule has 1 atom stereocenters. The van der Waals surface area contributed by atoms with Gasteiger partial charge in [0.1, 0.15) is 24.0 Å². The number of fused-ring (bicyclic) bond motifs is 1. The van der Waals surface area contributed by atoms with Crippen LogP contribution in [0.3, 0.4) is 0 Å². The molecule has 3 saturated heterocycles. The SMILES string of the molecule is CC1(C)C(NC(=O)c2ccc(N3CCC(CN4CCN(c5ccc6c(=O)n([C@@H]7CCC(=O)NC7=O)nc(C(F)(F)F)c6c5)CC4)CC3)cc2)C(C)(C)C1Oc1ccc(C#N)c(Cl)c1. The minimum Gasteiger partial charge on any atom is -0.489 e. The Morgan fingerprint density at radius 2 is 1.54 bits per heavy atom. The molecule has 4 aromatic rings. The minimum atomic E-state index is -4.89. The molecule has 0 spiro atoms. The molecule has 0 radical (unpaired) electrons. The number of anilines is 2. The van der Waals surface area contributed by atoms with Gasteiger partial charge in [-0.1, -0.05) is 39.3 Å². The number of alkyl halides is 3. The van der Waals surface area contributed by atoms with Crippen LogP contribution in [0.15, 0.2) is 65.5 Å². The van der Waals surface area contributed by atoms with Crippen LogP contribution in [0.1, 0.15) is 81.0 Å². The molecule has 3 aliphatic heterocycles. The highest BCUT2D eigenvalue weighted by molar-refractivity contribution is 6.31. The van der Waals surface area contributed by atoms with Crippen molar-refractivity contribution in [3.05, 3.63) is 92.9 Å². The number of nitrogens with one attached hydrogen (secondary N) is 2. The Balaban J connectivity index is 0.823. The van der Waals surface area contributed by atoms with Crippen LogP contribution in [0.25, 0.3) is 10.8 Å². The average molecular weight is 887 g/mol. The standard InChI is InChI=1S/C46H50ClF3N8O5/c1-44(2)42(45(3,4)43(44)63-32-11-7-29(25-51)35(47)24-32)53-39(60)28-5-8-30(9-6-28)56-17-15-27(16-18-56)26-55-19-21-57(22-20-55)31-10-12-33-34(23-31)38(46(48,49)50)54-58(41(33)62)36-13-14-37(59)52-40(36)61/h5-12,23-24,27,36,42-43H,13-22,26H2,1-4H3,(H,53,60)(H,52,59,61)/t36-,42?,43?/m1/s1. The second-order valence-electron chi connectivity index (χ2n) is 18.4. The molecule has 17 heteroatoms. The summed E-state index contributed by atoms with van der Waals surface area (Å²) in [4.78, 5) is 57.7. The van der Waals surface area contributed by atoms with E-state index in [1.54, 1.807) is 24.3 Å². The van der Waals surface area contributed by atoms with Gasteiger partial charge in [0, 0.05) is 97.5 Å². The molecule has 0 unspecified atom stereocenters. The number of nitriles is 1. The number of halogens is 4. The summed E-state index contributed by atoms with van der Waals surface area (Å²) >= 11 is 6.25. The van der Waals surface area contributed by atoms with Crippen molar-refractivity contribution in [2.24, 2.45) is 16.7 Å². The van der Waals surface area contributed by atoms with Crippen molar-refractivity contribution in [2.75, 3.05) is 55.6 Å². The maximum Gasteiger partial charge on any atom is 0.435 e. The van der Waals surface area contributed by atoms with E-state index in [4.69, 9.17) is 16.3 Å². The number of piperidine rings is 2. The number of hydrogen-bond acceptors (Lipinski definition) is 10. The molecule has 1 aliphatic carbocycles. The second kappa shape index (κ2) is 16.8. The summed E-state index contributed by atoms with van der Waals surface area (Å²) in [6.07, 6.45) is -3.31. The fourth-order valence-corrected chi connectivity index (χ4v) is 10.6. The van der Waals surface area contributed by atoms with Crippen LogP contribution in [-0.4, -0.2) is 90.4 Å². The van der Waals surface area contributed by atoms with Crippen LogP contribution in [0.4, 0.5) is 24.5 Å². The Hall–Kier alpha value is -5.66. The zero-order valence-electron chi connectivity index (χ0n) is 35.6. The number of carbonyl (C=O) groups excluding carboxylic acids is 3. The highest BCUT2D eigenvalue weighted by Crippen LogP contribution is 2.55. The van der Waals surface area contributed by atoms with E-state index in [0.717, 1.165) is 51.3 Å². The molecule has 2 N–H and O–H groups in total. The second-order valence-corrected chi connectivity index (χ2v) is 18.8. The van der Waals surface area contributed by atoms with Crippen molar-refractivity contribution in [1.29, 1.82) is 5.26 Å². The first-order chi connectivity index (χ1) is 29.8. The summed E-state index contributed by atoms with van der Waals surface area (Å²) < 4.78 is 50.0. The Morgan fingerprint density at radius 1 is 0.889 bits per heavy atom. The number of piperazine rings is 1. The van der Waals surface area contributed by atoms with Crippen molar-refractivity contribution in [1.82, 2.24) is 25.3 Å². The van der Waals surface area contributed by atoms with Crippen LogP contribution in [0.2, 0.25) is 5.02 Å². The number of benzene rings is 3. The Bertz CT molecular complexity index is 2520. The molecule has 4 aliphatic rings. The normalized spacial score (nSPS) is 22.9. The van der Waals surface area contributed by atoms with E-state index in [2.05, 4.69) is 59.3 Å². The largest absolute Gasteiger partial charge is 0.489 e. The highest BCUT2D eigenvalue weighted by atomic mass is 35.5. The van der Waals surface area contributed by atoms with Gasteiger partial charge in [-0.05, 0) is 79.8 Å². The van der Waals surface area contributed by atoms with Gasteiger partial charge >= 0.3 is 6.18 Å². The van der Waals surface area contributed by atoms with Crippen molar-refractivity contribution >= 4 is 51.5 Å². The first-order valence-electron chi connectivity index (χ1n) is 21.3. The summed E-state index contributed by atoms with van der Waals surface area (Å²) in [7, 11) is 0. The quantitative estimate of drug-likeness (QED) is 0.177. The summed E-state index contributed by atoms with van der Waals surface area (Å²) in [5.74, 6) is -0.480. The Morgan fingerprint density at radius 3 is 2.16 bits per heavy atom. The molecule has 1 saturated carbocycles. The smallest absolute Gasteiger partial charge is 0.435 e. The average Bonchev–Trinajstić information content (AvgIpc) is 3.25. The van der Waals surface area contributed by atoms with E-state index < -0.39 is 35.3 Å².